The highest BCUT2D eigenvalue weighted by molar-refractivity contribution is 5.86. The predicted octanol–water partition coefficient (Wildman–Crippen LogP) is 6.98. The van der Waals surface area contributed by atoms with Crippen LogP contribution in [0.5, 0.6) is 0 Å². The second kappa shape index (κ2) is 10.8. The number of amides is 1. The second-order valence-electron chi connectivity index (χ2n) is 11.7. The monoisotopic (exact) mass is 538 g/mol. The van der Waals surface area contributed by atoms with Crippen LogP contribution in [-0.4, -0.2) is 34.9 Å². The number of ether oxygens (including phenoxy) is 2. The Morgan fingerprint density at radius 3 is 2.20 bits per heavy atom. The molecule has 6 heteroatoms. The molecule has 4 aromatic rings. The number of hydrogen-bond donors (Lipinski definition) is 1. The van der Waals surface area contributed by atoms with Gasteiger partial charge in [0.15, 0.2) is 0 Å². The molecular formula is C34H38N2O4. The van der Waals surface area contributed by atoms with E-state index in [1.807, 2.05) is 45.0 Å². The summed E-state index contributed by atoms with van der Waals surface area (Å²) in [6.07, 6.45) is 0.377. The third-order valence-corrected chi connectivity index (χ3v) is 7.92. The maximum atomic E-state index is 13.1. The number of benzene rings is 3. The third-order valence-electron chi connectivity index (χ3n) is 7.92. The Balaban J connectivity index is 1.29. The van der Waals surface area contributed by atoms with Crippen molar-refractivity contribution in [1.82, 2.24) is 9.88 Å². The minimum Gasteiger partial charge on any atom is -0.458 e. The van der Waals surface area contributed by atoms with E-state index in [9.17, 15) is 9.59 Å². The number of rotatable bonds is 7. The summed E-state index contributed by atoms with van der Waals surface area (Å²) < 4.78 is 13.6. The van der Waals surface area contributed by atoms with Crippen LogP contribution in [0.1, 0.15) is 61.1 Å². The minimum absolute atomic E-state index is 0.0537. The molecule has 1 atom stereocenters. The minimum atomic E-state index is -0.831. The van der Waals surface area contributed by atoms with Crippen molar-refractivity contribution in [3.63, 3.8) is 0 Å². The topological polar surface area (TPSA) is 69.6 Å². The van der Waals surface area contributed by atoms with Crippen LogP contribution in [0, 0.1) is 13.8 Å². The van der Waals surface area contributed by atoms with Crippen molar-refractivity contribution in [2.24, 2.45) is 7.05 Å². The van der Waals surface area contributed by atoms with Crippen LogP contribution in [0.15, 0.2) is 66.7 Å². The standard InChI is InChI=1S/C34H38N2O4/c1-21-22(2)36(6)31-19-23(15-17-24(21)31)16-18-30(32(37)40-34(3,4)5)35-33(38)39-20-29-27-13-9-7-11-25(27)26-12-8-10-14-28(26)29/h7-15,17,19,29-30H,16,18,20H2,1-6H3,(H,35,38)/t30-/m0/s1. The first-order chi connectivity index (χ1) is 19.0. The summed E-state index contributed by atoms with van der Waals surface area (Å²) in [5.41, 5.74) is 8.70. The van der Waals surface area contributed by atoms with Gasteiger partial charge in [0.1, 0.15) is 18.2 Å². The van der Waals surface area contributed by atoms with Crippen LogP contribution in [0.2, 0.25) is 0 Å². The van der Waals surface area contributed by atoms with Gasteiger partial charge in [-0.1, -0.05) is 60.7 Å². The van der Waals surface area contributed by atoms with Gasteiger partial charge < -0.3 is 19.4 Å². The van der Waals surface area contributed by atoms with Crippen molar-refractivity contribution < 1.29 is 19.1 Å². The molecule has 208 valence electrons. The number of alkyl carbamates (subject to hydrolysis) is 1. The summed E-state index contributed by atoms with van der Waals surface area (Å²) in [5.74, 6) is -0.519. The van der Waals surface area contributed by atoms with E-state index in [-0.39, 0.29) is 12.5 Å². The van der Waals surface area contributed by atoms with Crippen LogP contribution in [0.25, 0.3) is 22.0 Å². The van der Waals surface area contributed by atoms with Crippen LogP contribution in [0.4, 0.5) is 4.79 Å². The molecular weight excluding hydrogens is 500 g/mol. The Morgan fingerprint density at radius 2 is 1.57 bits per heavy atom. The lowest BCUT2D eigenvalue weighted by molar-refractivity contribution is -0.157. The smallest absolute Gasteiger partial charge is 0.407 e. The maximum absolute atomic E-state index is 13.1. The normalized spacial score (nSPS) is 13.6. The maximum Gasteiger partial charge on any atom is 0.407 e. The largest absolute Gasteiger partial charge is 0.458 e. The number of carbonyl (C=O) groups is 2. The summed E-state index contributed by atoms with van der Waals surface area (Å²) in [6, 6.07) is 22.0. The zero-order valence-electron chi connectivity index (χ0n) is 24.2. The average Bonchev–Trinajstić information content (AvgIpc) is 3.35. The molecule has 0 unspecified atom stereocenters. The molecule has 0 fully saturated rings. The zero-order valence-corrected chi connectivity index (χ0v) is 24.2. The van der Waals surface area contributed by atoms with Gasteiger partial charge in [0.2, 0.25) is 0 Å². The van der Waals surface area contributed by atoms with Crippen molar-refractivity contribution in [3.05, 3.63) is 94.7 Å². The van der Waals surface area contributed by atoms with Crippen molar-refractivity contribution in [1.29, 1.82) is 0 Å². The first-order valence-electron chi connectivity index (χ1n) is 13.9. The number of nitrogens with zero attached hydrogens (tertiary/aromatic N) is 1. The van der Waals surface area contributed by atoms with Crippen LogP contribution < -0.4 is 5.32 Å². The summed E-state index contributed by atoms with van der Waals surface area (Å²) in [5, 5.41) is 4.03. The zero-order chi connectivity index (χ0) is 28.6. The molecule has 0 radical (unpaired) electrons. The van der Waals surface area contributed by atoms with Gasteiger partial charge >= 0.3 is 12.1 Å². The Morgan fingerprint density at radius 1 is 0.950 bits per heavy atom. The highest BCUT2D eigenvalue weighted by Gasteiger charge is 2.31. The van der Waals surface area contributed by atoms with Gasteiger partial charge in [-0.2, -0.15) is 0 Å². The van der Waals surface area contributed by atoms with Gasteiger partial charge in [-0.15, -0.1) is 0 Å². The molecule has 1 aliphatic rings. The Hall–Kier alpha value is -4.06. The molecule has 1 heterocycles. The van der Waals surface area contributed by atoms with E-state index in [2.05, 4.69) is 73.2 Å². The molecule has 40 heavy (non-hydrogen) atoms. The molecule has 0 saturated carbocycles. The number of nitrogens with one attached hydrogen (secondary N) is 1. The fourth-order valence-electron chi connectivity index (χ4n) is 5.67. The fourth-order valence-corrected chi connectivity index (χ4v) is 5.67. The molecule has 1 amide bonds. The van der Waals surface area contributed by atoms with E-state index >= 15 is 0 Å². The van der Waals surface area contributed by atoms with Crippen molar-refractivity contribution >= 4 is 23.0 Å². The molecule has 1 aromatic heterocycles. The van der Waals surface area contributed by atoms with E-state index in [4.69, 9.17) is 9.47 Å². The summed E-state index contributed by atoms with van der Waals surface area (Å²) in [7, 11) is 2.07. The van der Waals surface area contributed by atoms with Crippen molar-refractivity contribution in [2.45, 2.75) is 65.0 Å². The number of hydrogen-bond acceptors (Lipinski definition) is 4. The number of fused-ring (bicyclic) bond motifs is 4. The molecule has 0 bridgehead atoms. The fraction of sp³-hybridized carbons (Fsp3) is 0.353. The van der Waals surface area contributed by atoms with Gasteiger partial charge in [0.05, 0.1) is 0 Å². The summed E-state index contributed by atoms with van der Waals surface area (Å²) in [4.78, 5) is 26.2. The van der Waals surface area contributed by atoms with Crippen molar-refractivity contribution in [3.8, 4) is 11.1 Å². The first kappa shape index (κ1) is 27.5. The highest BCUT2D eigenvalue weighted by Crippen LogP contribution is 2.44. The molecule has 5 rings (SSSR count). The quantitative estimate of drug-likeness (QED) is 0.258. The van der Waals surface area contributed by atoms with Gasteiger partial charge in [0.25, 0.3) is 0 Å². The molecule has 0 saturated heterocycles. The molecule has 0 spiro atoms. The number of aryl methyl sites for hydroxylation is 3. The SMILES string of the molecule is Cc1c(C)n(C)c2cc(CC[C@H](NC(=O)OCC3c4ccccc4-c4ccccc43)C(=O)OC(C)(C)C)ccc12. The van der Waals surface area contributed by atoms with E-state index in [0.29, 0.717) is 12.8 Å². The summed E-state index contributed by atoms with van der Waals surface area (Å²) in [6.45, 7) is 9.90. The molecule has 1 N–H and O–H groups in total. The Bertz CT molecular complexity index is 1530. The van der Waals surface area contributed by atoms with E-state index in [0.717, 1.165) is 22.2 Å². The average molecular weight is 539 g/mol. The van der Waals surface area contributed by atoms with Gasteiger partial charge in [0, 0.05) is 29.6 Å². The van der Waals surface area contributed by atoms with Gasteiger partial charge in [-0.25, -0.2) is 9.59 Å². The third kappa shape index (κ3) is 5.48. The van der Waals surface area contributed by atoms with Gasteiger partial charge in [-0.3, -0.25) is 0 Å². The molecule has 3 aromatic carbocycles. The second-order valence-corrected chi connectivity index (χ2v) is 11.7. The van der Waals surface area contributed by atoms with E-state index < -0.39 is 23.7 Å². The van der Waals surface area contributed by atoms with Gasteiger partial charge in [-0.05, 0) is 86.9 Å². The number of esters is 1. The number of carbonyl (C=O) groups excluding carboxylic acids is 2. The molecule has 6 nitrogen and oxygen atoms in total. The number of aromatic nitrogens is 1. The summed E-state index contributed by atoms with van der Waals surface area (Å²) >= 11 is 0. The predicted molar refractivity (Wildman–Crippen MR) is 159 cm³/mol. The van der Waals surface area contributed by atoms with Crippen LogP contribution in [-0.2, 0) is 27.7 Å². The van der Waals surface area contributed by atoms with Crippen molar-refractivity contribution in [2.75, 3.05) is 6.61 Å². The lowest BCUT2D eigenvalue weighted by Gasteiger charge is -2.25. The highest BCUT2D eigenvalue weighted by atomic mass is 16.6. The Labute approximate surface area is 236 Å². The Kier molecular flexibility index (Phi) is 7.45. The first-order valence-corrected chi connectivity index (χ1v) is 13.9. The van der Waals surface area contributed by atoms with E-state index in [1.165, 1.54) is 27.8 Å². The molecule has 1 aliphatic carbocycles. The van der Waals surface area contributed by atoms with Crippen LogP contribution in [0.3, 0.4) is 0 Å². The van der Waals surface area contributed by atoms with E-state index in [1.54, 1.807) is 0 Å². The lowest BCUT2D eigenvalue weighted by atomic mass is 9.98. The van der Waals surface area contributed by atoms with Crippen LogP contribution >= 0.6 is 0 Å². The molecule has 0 aliphatic heterocycles. The lowest BCUT2D eigenvalue weighted by Crippen LogP contribution is -2.45.